The molecule has 1 rings (SSSR count). The van der Waals surface area contributed by atoms with Gasteiger partial charge in [0.2, 0.25) is 0 Å². The van der Waals surface area contributed by atoms with Crippen molar-refractivity contribution in [2.45, 2.75) is 32.1 Å². The van der Waals surface area contributed by atoms with Crippen LogP contribution < -0.4 is 5.90 Å². The minimum absolute atomic E-state index is 0.135. The van der Waals surface area contributed by atoms with Crippen LogP contribution in [0.2, 0.25) is 0 Å². The molecule has 0 heterocycles. The Morgan fingerprint density at radius 1 is 1.06 bits per heavy atom. The average Bonchev–Trinajstić information content (AvgIpc) is 2.34. The molecular formula is C12H14F3NO2. The second-order valence-corrected chi connectivity index (χ2v) is 3.91. The minimum atomic E-state index is -1.19. The van der Waals surface area contributed by atoms with Crippen molar-refractivity contribution in [2.75, 3.05) is 0 Å². The van der Waals surface area contributed by atoms with Crippen molar-refractivity contribution < 1.29 is 22.8 Å². The summed E-state index contributed by atoms with van der Waals surface area (Å²) in [6, 6.07) is 1.40. The lowest BCUT2D eigenvalue weighted by molar-refractivity contribution is -0.144. The van der Waals surface area contributed by atoms with Crippen molar-refractivity contribution in [3.8, 4) is 0 Å². The monoisotopic (exact) mass is 261 g/mol. The summed E-state index contributed by atoms with van der Waals surface area (Å²) in [5.74, 6) is 1.14. The highest BCUT2D eigenvalue weighted by Gasteiger charge is 2.09. The first-order valence-electron chi connectivity index (χ1n) is 5.57. The molecule has 0 saturated carbocycles. The second-order valence-electron chi connectivity index (χ2n) is 3.91. The third kappa shape index (κ3) is 4.37. The zero-order chi connectivity index (χ0) is 13.5. The average molecular weight is 261 g/mol. The van der Waals surface area contributed by atoms with E-state index < -0.39 is 23.4 Å². The molecule has 0 aliphatic carbocycles. The number of halogens is 3. The third-order valence-electron chi connectivity index (χ3n) is 2.55. The van der Waals surface area contributed by atoms with Gasteiger partial charge < -0.3 is 4.84 Å². The van der Waals surface area contributed by atoms with Gasteiger partial charge in [-0.3, -0.25) is 4.79 Å². The summed E-state index contributed by atoms with van der Waals surface area (Å²) >= 11 is 0. The normalized spacial score (nSPS) is 10.4. The molecule has 0 amide bonds. The second kappa shape index (κ2) is 7.00. The van der Waals surface area contributed by atoms with Crippen LogP contribution in [0.5, 0.6) is 0 Å². The van der Waals surface area contributed by atoms with Crippen LogP contribution in [0.15, 0.2) is 12.1 Å². The van der Waals surface area contributed by atoms with Gasteiger partial charge in [-0.05, 0) is 30.9 Å². The number of benzene rings is 1. The molecule has 1 aromatic rings. The van der Waals surface area contributed by atoms with Gasteiger partial charge in [0.1, 0.15) is 5.82 Å². The van der Waals surface area contributed by atoms with Gasteiger partial charge in [0.15, 0.2) is 11.6 Å². The molecule has 0 aliphatic rings. The highest BCUT2D eigenvalue weighted by molar-refractivity contribution is 5.68. The lowest BCUT2D eigenvalue weighted by Crippen LogP contribution is -2.09. The van der Waals surface area contributed by atoms with Gasteiger partial charge in [0.25, 0.3) is 0 Å². The topological polar surface area (TPSA) is 52.3 Å². The summed E-state index contributed by atoms with van der Waals surface area (Å²) in [6.45, 7) is 0. The lowest BCUT2D eigenvalue weighted by Gasteiger charge is -2.04. The van der Waals surface area contributed by atoms with Gasteiger partial charge in [-0.15, -0.1) is 0 Å². The van der Waals surface area contributed by atoms with E-state index in [-0.39, 0.29) is 12.0 Å². The molecule has 0 spiro atoms. The number of rotatable bonds is 6. The Labute approximate surface area is 103 Å². The number of nitrogens with two attached hydrogens (primary N) is 1. The zero-order valence-corrected chi connectivity index (χ0v) is 9.72. The summed E-state index contributed by atoms with van der Waals surface area (Å²) in [5, 5.41) is 0. The number of unbranched alkanes of at least 4 members (excludes halogenated alkanes) is 2. The fourth-order valence-corrected chi connectivity index (χ4v) is 1.58. The van der Waals surface area contributed by atoms with Crippen LogP contribution in [0.1, 0.15) is 31.2 Å². The Balaban J connectivity index is 2.36. The molecule has 1 aromatic carbocycles. The first kappa shape index (κ1) is 14.5. The Kier molecular flexibility index (Phi) is 5.64. The maximum Gasteiger partial charge on any atom is 0.324 e. The van der Waals surface area contributed by atoms with Gasteiger partial charge in [-0.2, -0.15) is 5.90 Å². The van der Waals surface area contributed by atoms with Crippen molar-refractivity contribution in [3.63, 3.8) is 0 Å². The fourth-order valence-electron chi connectivity index (χ4n) is 1.58. The van der Waals surface area contributed by atoms with E-state index in [1.165, 1.54) is 0 Å². The lowest BCUT2D eigenvalue weighted by atomic mass is 10.1. The summed E-state index contributed by atoms with van der Waals surface area (Å²) in [5.41, 5.74) is 0.135. The van der Waals surface area contributed by atoms with Crippen LogP contribution in [-0.2, 0) is 16.1 Å². The molecular weight excluding hydrogens is 247 g/mol. The quantitative estimate of drug-likeness (QED) is 0.486. The van der Waals surface area contributed by atoms with Crippen LogP contribution in [-0.4, -0.2) is 5.97 Å². The van der Waals surface area contributed by atoms with E-state index in [9.17, 15) is 18.0 Å². The standard InChI is InChI=1S/C12H14F3NO2/c13-9-7-11(15)10(14)6-8(9)4-2-1-3-5-12(17)18-16/h6-7H,1-5,16H2. The Hall–Kier alpha value is -1.56. The Bertz CT molecular complexity index is 424. The Morgan fingerprint density at radius 3 is 2.39 bits per heavy atom. The smallest absolute Gasteiger partial charge is 0.324 e. The predicted molar refractivity (Wildman–Crippen MR) is 58.8 cm³/mol. The summed E-state index contributed by atoms with van der Waals surface area (Å²) in [4.78, 5) is 14.7. The first-order valence-corrected chi connectivity index (χ1v) is 5.57. The van der Waals surface area contributed by atoms with Crippen LogP contribution in [0.3, 0.4) is 0 Å². The Morgan fingerprint density at radius 2 is 1.72 bits per heavy atom. The van der Waals surface area contributed by atoms with Crippen molar-refractivity contribution in [3.05, 3.63) is 35.1 Å². The van der Waals surface area contributed by atoms with Gasteiger partial charge in [-0.25, -0.2) is 13.2 Å². The number of carbonyl (C=O) groups is 1. The molecule has 0 atom stereocenters. The highest BCUT2D eigenvalue weighted by Crippen LogP contribution is 2.16. The van der Waals surface area contributed by atoms with Crippen molar-refractivity contribution in [1.29, 1.82) is 0 Å². The molecule has 100 valence electrons. The number of hydrogen-bond donors (Lipinski definition) is 1. The number of aryl methyl sites for hydroxylation is 1. The maximum absolute atomic E-state index is 13.2. The van der Waals surface area contributed by atoms with Crippen molar-refractivity contribution in [2.24, 2.45) is 5.90 Å². The molecule has 2 N–H and O–H groups in total. The van der Waals surface area contributed by atoms with Gasteiger partial charge >= 0.3 is 5.97 Å². The van der Waals surface area contributed by atoms with E-state index in [1.807, 2.05) is 0 Å². The van der Waals surface area contributed by atoms with Gasteiger partial charge in [-0.1, -0.05) is 6.42 Å². The molecule has 0 bridgehead atoms. The number of hydrogen-bond acceptors (Lipinski definition) is 3. The van der Waals surface area contributed by atoms with Crippen LogP contribution in [0.4, 0.5) is 13.2 Å². The SMILES string of the molecule is NOC(=O)CCCCCc1cc(F)c(F)cc1F. The number of carbonyl (C=O) groups excluding carboxylic acids is 1. The van der Waals surface area contributed by atoms with Crippen LogP contribution in [0.25, 0.3) is 0 Å². The molecule has 6 heteroatoms. The predicted octanol–water partition coefficient (Wildman–Crippen LogP) is 2.62. The molecule has 0 fully saturated rings. The van der Waals surface area contributed by atoms with E-state index in [0.717, 1.165) is 6.07 Å². The zero-order valence-electron chi connectivity index (χ0n) is 9.72. The van der Waals surface area contributed by atoms with Crippen molar-refractivity contribution >= 4 is 5.97 Å². The van der Waals surface area contributed by atoms with E-state index >= 15 is 0 Å². The molecule has 0 radical (unpaired) electrons. The van der Waals surface area contributed by atoms with E-state index in [4.69, 9.17) is 0 Å². The summed E-state index contributed by atoms with van der Waals surface area (Å²) in [7, 11) is 0. The molecule has 0 aromatic heterocycles. The van der Waals surface area contributed by atoms with Crippen molar-refractivity contribution in [1.82, 2.24) is 0 Å². The van der Waals surface area contributed by atoms with Crippen LogP contribution in [0, 0.1) is 17.5 Å². The van der Waals surface area contributed by atoms with Crippen LogP contribution >= 0.6 is 0 Å². The molecule has 18 heavy (non-hydrogen) atoms. The first-order chi connectivity index (χ1) is 8.54. The molecule has 0 aliphatic heterocycles. The van der Waals surface area contributed by atoms with E-state index in [0.29, 0.717) is 31.7 Å². The fraction of sp³-hybridized carbons (Fsp3) is 0.417. The van der Waals surface area contributed by atoms with E-state index in [2.05, 4.69) is 10.7 Å². The third-order valence-corrected chi connectivity index (χ3v) is 2.55. The highest BCUT2D eigenvalue weighted by atomic mass is 19.2. The molecule has 3 nitrogen and oxygen atoms in total. The maximum atomic E-state index is 13.2. The van der Waals surface area contributed by atoms with Gasteiger partial charge in [0.05, 0.1) is 0 Å². The van der Waals surface area contributed by atoms with E-state index in [1.54, 1.807) is 0 Å². The summed E-state index contributed by atoms with van der Waals surface area (Å²) in [6.07, 6.45) is 2.26. The largest absolute Gasteiger partial charge is 0.373 e. The van der Waals surface area contributed by atoms with Gasteiger partial charge in [0, 0.05) is 12.5 Å². The summed E-state index contributed by atoms with van der Waals surface area (Å²) < 4.78 is 38.7. The molecule has 0 saturated heterocycles. The molecule has 0 unspecified atom stereocenters. The minimum Gasteiger partial charge on any atom is -0.373 e.